The molecular formula is C11H12BrN3O. The molecule has 0 aliphatic carbocycles. The van der Waals surface area contributed by atoms with Gasteiger partial charge in [0.1, 0.15) is 5.76 Å². The Morgan fingerprint density at radius 2 is 2.31 bits per heavy atom. The summed E-state index contributed by atoms with van der Waals surface area (Å²) < 4.78 is 6.43. The first kappa shape index (κ1) is 11.3. The SMILES string of the molecule is CCNC(c1ccnnc1)c1occc1Br. The fraction of sp³-hybridized carbons (Fsp3) is 0.273. The third-order valence-corrected chi connectivity index (χ3v) is 2.91. The van der Waals surface area contributed by atoms with Crippen LogP contribution in [0.1, 0.15) is 24.3 Å². The molecule has 0 aromatic carbocycles. The van der Waals surface area contributed by atoms with Gasteiger partial charge in [0.05, 0.1) is 23.0 Å². The van der Waals surface area contributed by atoms with Gasteiger partial charge in [0.2, 0.25) is 0 Å². The number of hydrogen-bond donors (Lipinski definition) is 1. The van der Waals surface area contributed by atoms with Crippen molar-refractivity contribution >= 4 is 15.9 Å². The summed E-state index contributed by atoms with van der Waals surface area (Å²) in [5.74, 6) is 0.856. The fourth-order valence-electron chi connectivity index (χ4n) is 1.55. The molecule has 0 spiro atoms. The maximum atomic E-state index is 5.48. The van der Waals surface area contributed by atoms with Crippen LogP contribution in [-0.4, -0.2) is 16.7 Å². The van der Waals surface area contributed by atoms with Crippen molar-refractivity contribution < 1.29 is 4.42 Å². The van der Waals surface area contributed by atoms with Crippen molar-refractivity contribution in [2.24, 2.45) is 0 Å². The summed E-state index contributed by atoms with van der Waals surface area (Å²) >= 11 is 3.46. The zero-order chi connectivity index (χ0) is 11.4. The topological polar surface area (TPSA) is 51.0 Å². The van der Waals surface area contributed by atoms with Crippen LogP contribution in [0.25, 0.3) is 0 Å². The Labute approximate surface area is 102 Å². The zero-order valence-corrected chi connectivity index (χ0v) is 10.4. The monoisotopic (exact) mass is 281 g/mol. The van der Waals surface area contributed by atoms with Crippen LogP contribution in [0.3, 0.4) is 0 Å². The first-order chi connectivity index (χ1) is 7.83. The van der Waals surface area contributed by atoms with Crippen molar-refractivity contribution in [3.05, 3.63) is 46.6 Å². The van der Waals surface area contributed by atoms with Gasteiger partial charge in [0.25, 0.3) is 0 Å². The molecule has 2 aromatic heterocycles. The Morgan fingerprint density at radius 1 is 1.44 bits per heavy atom. The predicted molar refractivity (Wildman–Crippen MR) is 64.0 cm³/mol. The van der Waals surface area contributed by atoms with E-state index in [0.717, 1.165) is 22.3 Å². The number of furan rings is 1. The summed E-state index contributed by atoms with van der Waals surface area (Å²) in [6.45, 7) is 2.90. The third kappa shape index (κ3) is 2.31. The van der Waals surface area contributed by atoms with Crippen LogP contribution in [0.15, 0.2) is 39.7 Å². The molecule has 2 rings (SSSR count). The van der Waals surface area contributed by atoms with Crippen LogP contribution in [0.5, 0.6) is 0 Å². The van der Waals surface area contributed by atoms with Gasteiger partial charge in [-0.3, -0.25) is 0 Å². The summed E-state index contributed by atoms with van der Waals surface area (Å²) in [5.41, 5.74) is 1.03. The summed E-state index contributed by atoms with van der Waals surface area (Å²) in [5, 5.41) is 11.0. The van der Waals surface area contributed by atoms with E-state index in [4.69, 9.17) is 4.42 Å². The second-order valence-electron chi connectivity index (χ2n) is 3.30. The molecule has 2 heterocycles. The van der Waals surface area contributed by atoms with Crippen LogP contribution in [-0.2, 0) is 0 Å². The molecule has 1 unspecified atom stereocenters. The number of aromatic nitrogens is 2. The zero-order valence-electron chi connectivity index (χ0n) is 8.85. The highest BCUT2D eigenvalue weighted by atomic mass is 79.9. The van der Waals surface area contributed by atoms with Gasteiger partial charge in [0.15, 0.2) is 0 Å². The highest BCUT2D eigenvalue weighted by Gasteiger charge is 2.19. The molecule has 2 aromatic rings. The molecule has 0 aliphatic rings. The Kier molecular flexibility index (Phi) is 3.69. The van der Waals surface area contributed by atoms with Gasteiger partial charge in [0, 0.05) is 6.20 Å². The second kappa shape index (κ2) is 5.23. The van der Waals surface area contributed by atoms with Crippen LogP contribution < -0.4 is 5.32 Å². The number of hydrogen-bond acceptors (Lipinski definition) is 4. The van der Waals surface area contributed by atoms with Gasteiger partial charge in [-0.05, 0) is 40.2 Å². The smallest absolute Gasteiger partial charge is 0.139 e. The molecular weight excluding hydrogens is 270 g/mol. The fourth-order valence-corrected chi connectivity index (χ4v) is 1.98. The minimum absolute atomic E-state index is 0.00451. The molecule has 16 heavy (non-hydrogen) atoms. The molecule has 0 aliphatic heterocycles. The Bertz CT molecular complexity index is 444. The summed E-state index contributed by atoms with van der Waals surface area (Å²) in [6, 6.07) is 3.81. The highest BCUT2D eigenvalue weighted by molar-refractivity contribution is 9.10. The Morgan fingerprint density at radius 3 is 2.88 bits per heavy atom. The van der Waals surface area contributed by atoms with E-state index in [9.17, 15) is 0 Å². The lowest BCUT2D eigenvalue weighted by molar-refractivity contribution is 0.449. The molecule has 1 N–H and O–H groups in total. The van der Waals surface area contributed by atoms with E-state index < -0.39 is 0 Å². The van der Waals surface area contributed by atoms with Crippen LogP contribution in [0.4, 0.5) is 0 Å². The van der Waals surface area contributed by atoms with Crippen LogP contribution in [0, 0.1) is 0 Å². The van der Waals surface area contributed by atoms with Gasteiger partial charge < -0.3 is 9.73 Å². The molecule has 0 bridgehead atoms. The number of nitrogens with zero attached hydrogens (tertiary/aromatic N) is 2. The molecule has 0 saturated heterocycles. The van der Waals surface area contributed by atoms with E-state index >= 15 is 0 Å². The standard InChI is InChI=1S/C11H12BrN3O/c1-2-13-10(8-3-5-14-15-7-8)11-9(12)4-6-16-11/h3-7,10,13H,2H2,1H3. The maximum absolute atomic E-state index is 5.48. The molecule has 0 fully saturated rings. The number of halogens is 1. The summed E-state index contributed by atoms with van der Waals surface area (Å²) in [4.78, 5) is 0. The molecule has 0 radical (unpaired) electrons. The first-order valence-corrected chi connectivity index (χ1v) is 5.85. The molecule has 4 nitrogen and oxygen atoms in total. The average Bonchev–Trinajstić information content (AvgIpc) is 2.73. The molecule has 84 valence electrons. The van der Waals surface area contributed by atoms with Crippen molar-refractivity contribution in [1.82, 2.24) is 15.5 Å². The molecule has 0 amide bonds. The van der Waals surface area contributed by atoms with Crippen molar-refractivity contribution in [2.75, 3.05) is 6.54 Å². The molecule has 5 heteroatoms. The average molecular weight is 282 g/mol. The normalized spacial score (nSPS) is 12.6. The van der Waals surface area contributed by atoms with Gasteiger partial charge in [-0.2, -0.15) is 10.2 Å². The van der Waals surface area contributed by atoms with Gasteiger partial charge in [-0.1, -0.05) is 6.92 Å². The lowest BCUT2D eigenvalue weighted by atomic mass is 10.1. The highest BCUT2D eigenvalue weighted by Crippen LogP contribution is 2.28. The number of rotatable bonds is 4. The maximum Gasteiger partial charge on any atom is 0.139 e. The van der Waals surface area contributed by atoms with Gasteiger partial charge in [-0.25, -0.2) is 0 Å². The van der Waals surface area contributed by atoms with Crippen molar-refractivity contribution in [3.63, 3.8) is 0 Å². The number of nitrogens with one attached hydrogen (secondary N) is 1. The predicted octanol–water partition coefficient (Wildman–Crippen LogP) is 2.53. The Balaban J connectivity index is 2.35. The molecule has 0 saturated carbocycles. The van der Waals surface area contributed by atoms with E-state index in [-0.39, 0.29) is 6.04 Å². The van der Waals surface area contributed by atoms with Gasteiger partial charge >= 0.3 is 0 Å². The van der Waals surface area contributed by atoms with Crippen molar-refractivity contribution in [1.29, 1.82) is 0 Å². The van der Waals surface area contributed by atoms with E-state index in [0.29, 0.717) is 0 Å². The van der Waals surface area contributed by atoms with E-state index in [1.165, 1.54) is 0 Å². The Hall–Kier alpha value is -1.20. The molecule has 1 atom stereocenters. The lowest BCUT2D eigenvalue weighted by Gasteiger charge is -2.15. The van der Waals surface area contributed by atoms with Crippen LogP contribution in [0.2, 0.25) is 0 Å². The quantitative estimate of drug-likeness (QED) is 0.936. The lowest BCUT2D eigenvalue weighted by Crippen LogP contribution is -2.22. The van der Waals surface area contributed by atoms with E-state index in [1.54, 1.807) is 18.7 Å². The minimum Gasteiger partial charge on any atom is -0.466 e. The van der Waals surface area contributed by atoms with Crippen molar-refractivity contribution in [3.8, 4) is 0 Å². The van der Waals surface area contributed by atoms with Crippen LogP contribution >= 0.6 is 15.9 Å². The first-order valence-electron chi connectivity index (χ1n) is 5.05. The second-order valence-corrected chi connectivity index (χ2v) is 4.15. The largest absolute Gasteiger partial charge is 0.466 e. The van der Waals surface area contributed by atoms with E-state index in [1.807, 2.05) is 12.1 Å². The van der Waals surface area contributed by atoms with E-state index in [2.05, 4.69) is 38.4 Å². The third-order valence-electron chi connectivity index (χ3n) is 2.26. The summed E-state index contributed by atoms with van der Waals surface area (Å²) in [6.07, 6.45) is 5.08. The summed E-state index contributed by atoms with van der Waals surface area (Å²) in [7, 11) is 0. The van der Waals surface area contributed by atoms with Gasteiger partial charge in [-0.15, -0.1) is 0 Å². The van der Waals surface area contributed by atoms with Crippen molar-refractivity contribution in [2.45, 2.75) is 13.0 Å². The minimum atomic E-state index is 0.00451.